The third-order valence-electron chi connectivity index (χ3n) is 4.49. The fourth-order valence-electron chi connectivity index (χ4n) is 3.33. The van der Waals surface area contributed by atoms with E-state index in [1.54, 1.807) is 7.11 Å². The van der Waals surface area contributed by atoms with E-state index in [9.17, 15) is 4.39 Å². The fraction of sp³-hybridized carbons (Fsp3) is 0.647. The Bertz CT molecular complexity index is 446. The molecule has 0 heterocycles. The van der Waals surface area contributed by atoms with Gasteiger partial charge in [0, 0.05) is 20.2 Å². The quantitative estimate of drug-likeness (QED) is 0.733. The predicted octanol–water partition coefficient (Wildman–Crippen LogP) is 4.32. The van der Waals surface area contributed by atoms with E-state index in [0.717, 1.165) is 31.7 Å². The van der Waals surface area contributed by atoms with Crippen LogP contribution in [0.5, 0.6) is 0 Å². The van der Waals surface area contributed by atoms with E-state index in [2.05, 4.69) is 21.2 Å². The number of benzene rings is 1. The standard InChI is InChI=1S/C17H25BrFNO/c1-21-11-10-20-13-17(8-3-2-4-9-17)12-14-6-5-7-15(19)16(14)18/h5-7,20H,2-4,8-13H2,1H3. The molecule has 0 unspecified atom stereocenters. The highest BCUT2D eigenvalue weighted by Crippen LogP contribution is 2.40. The molecule has 1 aliphatic carbocycles. The number of rotatable bonds is 7. The maximum Gasteiger partial charge on any atom is 0.137 e. The molecule has 1 aromatic rings. The summed E-state index contributed by atoms with van der Waals surface area (Å²) >= 11 is 3.41. The van der Waals surface area contributed by atoms with Crippen LogP contribution in [0.15, 0.2) is 22.7 Å². The monoisotopic (exact) mass is 357 g/mol. The molecule has 0 amide bonds. The van der Waals surface area contributed by atoms with Gasteiger partial charge in [0.1, 0.15) is 5.82 Å². The molecule has 1 aromatic carbocycles. The van der Waals surface area contributed by atoms with Crippen molar-refractivity contribution in [3.8, 4) is 0 Å². The van der Waals surface area contributed by atoms with Crippen LogP contribution in [0.1, 0.15) is 37.7 Å². The Kier molecular flexibility index (Phi) is 6.65. The molecular formula is C17H25BrFNO. The van der Waals surface area contributed by atoms with Crippen LogP contribution in [0.4, 0.5) is 4.39 Å². The summed E-state index contributed by atoms with van der Waals surface area (Å²) in [5.41, 5.74) is 1.34. The molecule has 0 aliphatic heterocycles. The van der Waals surface area contributed by atoms with Crippen LogP contribution in [-0.4, -0.2) is 26.8 Å². The normalized spacial score (nSPS) is 17.9. The first-order valence-corrected chi connectivity index (χ1v) is 8.59. The summed E-state index contributed by atoms with van der Waals surface area (Å²) in [5, 5.41) is 3.52. The van der Waals surface area contributed by atoms with Crippen LogP contribution >= 0.6 is 15.9 Å². The van der Waals surface area contributed by atoms with Gasteiger partial charge in [0.2, 0.25) is 0 Å². The van der Waals surface area contributed by atoms with Crippen molar-refractivity contribution in [1.82, 2.24) is 5.32 Å². The number of halogens is 2. The van der Waals surface area contributed by atoms with Crippen molar-refractivity contribution in [3.63, 3.8) is 0 Å². The van der Waals surface area contributed by atoms with E-state index in [4.69, 9.17) is 4.74 Å². The molecule has 2 rings (SSSR count). The van der Waals surface area contributed by atoms with Crippen molar-refractivity contribution in [2.24, 2.45) is 5.41 Å². The number of hydrogen-bond donors (Lipinski definition) is 1. The van der Waals surface area contributed by atoms with Crippen LogP contribution in [0, 0.1) is 11.2 Å². The minimum atomic E-state index is -0.161. The van der Waals surface area contributed by atoms with E-state index in [1.807, 2.05) is 12.1 Å². The van der Waals surface area contributed by atoms with Crippen LogP contribution in [0.2, 0.25) is 0 Å². The Morgan fingerprint density at radius 1 is 1.29 bits per heavy atom. The number of hydrogen-bond acceptors (Lipinski definition) is 2. The Morgan fingerprint density at radius 3 is 2.76 bits per heavy atom. The van der Waals surface area contributed by atoms with E-state index in [0.29, 0.717) is 4.47 Å². The fourth-order valence-corrected chi connectivity index (χ4v) is 3.74. The molecule has 1 aliphatic rings. The number of methoxy groups -OCH3 is 1. The minimum absolute atomic E-state index is 0.161. The minimum Gasteiger partial charge on any atom is -0.383 e. The molecular weight excluding hydrogens is 333 g/mol. The maximum atomic E-state index is 13.7. The summed E-state index contributed by atoms with van der Waals surface area (Å²) in [5.74, 6) is -0.161. The molecule has 1 fully saturated rings. The highest BCUT2D eigenvalue weighted by molar-refractivity contribution is 9.10. The molecule has 1 N–H and O–H groups in total. The first-order valence-electron chi connectivity index (χ1n) is 7.79. The molecule has 2 nitrogen and oxygen atoms in total. The molecule has 1 saturated carbocycles. The average Bonchev–Trinajstić information content (AvgIpc) is 2.50. The molecule has 0 spiro atoms. The van der Waals surface area contributed by atoms with Gasteiger partial charge in [-0.1, -0.05) is 31.4 Å². The van der Waals surface area contributed by atoms with Gasteiger partial charge in [-0.15, -0.1) is 0 Å². The smallest absolute Gasteiger partial charge is 0.137 e. The first kappa shape index (κ1) is 16.9. The Balaban J connectivity index is 2.06. The summed E-state index contributed by atoms with van der Waals surface area (Å²) in [6, 6.07) is 5.36. The Labute approximate surface area is 135 Å². The highest BCUT2D eigenvalue weighted by Gasteiger charge is 2.32. The van der Waals surface area contributed by atoms with Crippen LogP contribution in [-0.2, 0) is 11.2 Å². The average molecular weight is 358 g/mol. The second kappa shape index (κ2) is 8.25. The molecule has 4 heteroatoms. The number of nitrogens with one attached hydrogen (secondary N) is 1. The van der Waals surface area contributed by atoms with Crippen molar-refractivity contribution in [2.45, 2.75) is 38.5 Å². The number of ether oxygens (including phenoxy) is 1. The van der Waals surface area contributed by atoms with Gasteiger partial charge < -0.3 is 10.1 Å². The maximum absolute atomic E-state index is 13.7. The van der Waals surface area contributed by atoms with Gasteiger partial charge in [0.25, 0.3) is 0 Å². The molecule has 0 radical (unpaired) electrons. The lowest BCUT2D eigenvalue weighted by Crippen LogP contribution is -2.39. The first-order chi connectivity index (χ1) is 10.2. The summed E-state index contributed by atoms with van der Waals surface area (Å²) in [4.78, 5) is 0. The van der Waals surface area contributed by atoms with Gasteiger partial charge in [-0.05, 0) is 52.2 Å². The molecule has 0 atom stereocenters. The van der Waals surface area contributed by atoms with Crippen molar-refractivity contribution >= 4 is 15.9 Å². The van der Waals surface area contributed by atoms with Crippen LogP contribution in [0.3, 0.4) is 0 Å². The van der Waals surface area contributed by atoms with Crippen molar-refractivity contribution in [3.05, 3.63) is 34.1 Å². The summed E-state index contributed by atoms with van der Waals surface area (Å²) in [7, 11) is 1.72. The van der Waals surface area contributed by atoms with Gasteiger partial charge >= 0.3 is 0 Å². The van der Waals surface area contributed by atoms with E-state index in [-0.39, 0.29) is 11.2 Å². The lowest BCUT2D eigenvalue weighted by Gasteiger charge is -2.38. The zero-order valence-corrected chi connectivity index (χ0v) is 14.3. The zero-order chi connectivity index (χ0) is 15.1. The molecule has 0 aromatic heterocycles. The molecule has 118 valence electrons. The molecule has 0 saturated heterocycles. The van der Waals surface area contributed by atoms with E-state index >= 15 is 0 Å². The topological polar surface area (TPSA) is 21.3 Å². The van der Waals surface area contributed by atoms with Crippen LogP contribution < -0.4 is 5.32 Å². The van der Waals surface area contributed by atoms with Gasteiger partial charge in [-0.25, -0.2) is 4.39 Å². The van der Waals surface area contributed by atoms with Crippen molar-refractivity contribution in [1.29, 1.82) is 0 Å². The molecule has 0 bridgehead atoms. The Morgan fingerprint density at radius 2 is 2.05 bits per heavy atom. The van der Waals surface area contributed by atoms with Crippen molar-refractivity contribution < 1.29 is 9.13 Å². The SMILES string of the molecule is COCCNCC1(Cc2cccc(F)c2Br)CCCCC1. The predicted molar refractivity (Wildman–Crippen MR) is 88.1 cm³/mol. The third-order valence-corrected chi connectivity index (χ3v) is 5.38. The summed E-state index contributed by atoms with van der Waals surface area (Å²) < 4.78 is 19.5. The second-order valence-electron chi connectivity index (χ2n) is 6.12. The van der Waals surface area contributed by atoms with Gasteiger partial charge in [-0.3, -0.25) is 0 Å². The Hall–Kier alpha value is -0.450. The lowest BCUT2D eigenvalue weighted by atomic mass is 9.70. The third kappa shape index (κ3) is 4.76. The van der Waals surface area contributed by atoms with E-state index in [1.165, 1.54) is 38.2 Å². The van der Waals surface area contributed by atoms with Crippen LogP contribution in [0.25, 0.3) is 0 Å². The highest BCUT2D eigenvalue weighted by atomic mass is 79.9. The van der Waals surface area contributed by atoms with Gasteiger partial charge in [-0.2, -0.15) is 0 Å². The lowest BCUT2D eigenvalue weighted by molar-refractivity contribution is 0.162. The second-order valence-corrected chi connectivity index (χ2v) is 6.91. The zero-order valence-electron chi connectivity index (χ0n) is 12.8. The van der Waals surface area contributed by atoms with Gasteiger partial charge in [0.15, 0.2) is 0 Å². The van der Waals surface area contributed by atoms with Gasteiger partial charge in [0.05, 0.1) is 11.1 Å². The summed E-state index contributed by atoms with van der Waals surface area (Å²) in [6.07, 6.45) is 7.25. The molecule has 21 heavy (non-hydrogen) atoms. The summed E-state index contributed by atoms with van der Waals surface area (Å²) in [6.45, 7) is 2.60. The van der Waals surface area contributed by atoms with E-state index < -0.39 is 0 Å². The van der Waals surface area contributed by atoms with Crippen molar-refractivity contribution in [2.75, 3.05) is 26.8 Å². The largest absolute Gasteiger partial charge is 0.383 e.